The van der Waals surface area contributed by atoms with Gasteiger partial charge in [0.25, 0.3) is 5.91 Å². The van der Waals surface area contributed by atoms with E-state index in [1.54, 1.807) is 16.0 Å². The number of nitrogens with zero attached hydrogens (tertiary/aromatic N) is 4. The summed E-state index contributed by atoms with van der Waals surface area (Å²) >= 11 is 8.75. The monoisotopic (exact) mass is 361 g/mol. The van der Waals surface area contributed by atoms with Crippen LogP contribution in [0.1, 0.15) is 10.5 Å². The van der Waals surface area contributed by atoms with Crippen molar-refractivity contribution < 1.29 is 4.79 Å². The van der Waals surface area contributed by atoms with Crippen LogP contribution in [0.5, 0.6) is 0 Å². The van der Waals surface area contributed by atoms with Crippen LogP contribution in [0.25, 0.3) is 15.5 Å². The Balaban J connectivity index is 1.59. The van der Waals surface area contributed by atoms with Gasteiger partial charge >= 0.3 is 0 Å². The van der Waals surface area contributed by atoms with Gasteiger partial charge in [0.05, 0.1) is 9.21 Å². The highest BCUT2D eigenvalue weighted by Gasteiger charge is 2.15. The Bertz CT molecular complexity index is 1010. The molecule has 0 aliphatic carbocycles. The number of thiazole rings is 1. The molecule has 0 aromatic carbocycles. The number of anilines is 1. The van der Waals surface area contributed by atoms with Crippen molar-refractivity contribution >= 4 is 51.8 Å². The molecule has 0 radical (unpaired) electrons. The van der Waals surface area contributed by atoms with E-state index in [9.17, 15) is 4.79 Å². The van der Waals surface area contributed by atoms with E-state index in [4.69, 9.17) is 11.6 Å². The minimum atomic E-state index is -0.326. The molecule has 6 nitrogen and oxygen atoms in total. The fraction of sp³-hybridized carbons (Fsp3) is 0. The molecule has 0 aliphatic rings. The topological polar surface area (TPSA) is 72.2 Å². The first kappa shape index (κ1) is 14.3. The Morgan fingerprint density at radius 1 is 1.22 bits per heavy atom. The summed E-state index contributed by atoms with van der Waals surface area (Å²) in [5.41, 5.74) is 0.997. The van der Waals surface area contributed by atoms with E-state index in [1.807, 2.05) is 30.3 Å². The van der Waals surface area contributed by atoms with Crippen LogP contribution in [-0.4, -0.2) is 25.5 Å². The number of aromatic nitrogens is 4. The van der Waals surface area contributed by atoms with E-state index in [1.165, 1.54) is 22.7 Å². The second kappa shape index (κ2) is 5.73. The van der Waals surface area contributed by atoms with Gasteiger partial charge in [-0.2, -0.15) is 0 Å². The first-order valence-corrected chi connectivity index (χ1v) is 8.60. The number of amides is 1. The van der Waals surface area contributed by atoms with Crippen LogP contribution in [-0.2, 0) is 0 Å². The van der Waals surface area contributed by atoms with E-state index in [0.717, 1.165) is 9.88 Å². The van der Waals surface area contributed by atoms with E-state index in [-0.39, 0.29) is 5.91 Å². The van der Waals surface area contributed by atoms with Crippen LogP contribution in [0.4, 0.5) is 5.95 Å². The van der Waals surface area contributed by atoms with Crippen molar-refractivity contribution in [3.8, 4) is 9.88 Å². The molecule has 0 saturated carbocycles. The molecule has 4 heterocycles. The number of hydrogen-bond donors (Lipinski definition) is 1. The highest BCUT2D eigenvalue weighted by molar-refractivity contribution is 7.23. The molecule has 0 saturated heterocycles. The lowest BCUT2D eigenvalue weighted by Gasteiger charge is -2.00. The van der Waals surface area contributed by atoms with Crippen molar-refractivity contribution in [2.75, 3.05) is 5.32 Å². The van der Waals surface area contributed by atoms with E-state index < -0.39 is 0 Å². The van der Waals surface area contributed by atoms with Crippen LogP contribution in [0, 0.1) is 0 Å². The molecule has 4 rings (SSSR count). The number of hydrogen-bond acceptors (Lipinski definition) is 6. The number of nitrogens with one attached hydrogen (secondary N) is 1. The average molecular weight is 362 g/mol. The first-order chi connectivity index (χ1) is 11.2. The predicted molar refractivity (Wildman–Crippen MR) is 91.4 cm³/mol. The zero-order valence-electron chi connectivity index (χ0n) is 11.4. The highest BCUT2D eigenvalue weighted by Crippen LogP contribution is 2.33. The molecule has 1 amide bonds. The van der Waals surface area contributed by atoms with Gasteiger partial charge in [-0.25, -0.2) is 4.98 Å². The maximum atomic E-state index is 12.3. The zero-order valence-corrected chi connectivity index (χ0v) is 13.8. The summed E-state index contributed by atoms with van der Waals surface area (Å²) in [6, 6.07) is 9.21. The van der Waals surface area contributed by atoms with Crippen LogP contribution >= 0.6 is 34.3 Å². The number of rotatable bonds is 3. The molecule has 0 fully saturated rings. The number of fused-ring (bicyclic) bond motifs is 1. The molecule has 0 atom stereocenters. The molecular weight excluding hydrogens is 354 g/mol. The summed E-state index contributed by atoms with van der Waals surface area (Å²) in [5, 5.41) is 13.2. The summed E-state index contributed by atoms with van der Waals surface area (Å²) in [4.78, 5) is 17.6. The lowest BCUT2D eigenvalue weighted by Crippen LogP contribution is -2.14. The van der Waals surface area contributed by atoms with E-state index in [2.05, 4.69) is 20.5 Å². The first-order valence-electron chi connectivity index (χ1n) is 6.53. The van der Waals surface area contributed by atoms with Gasteiger partial charge in [0.1, 0.15) is 10.7 Å². The average Bonchev–Trinajstić information content (AvgIpc) is 3.27. The second-order valence-electron chi connectivity index (χ2n) is 4.55. The molecular formula is C14H8ClN5OS2. The van der Waals surface area contributed by atoms with Crippen LogP contribution in [0.2, 0.25) is 4.34 Å². The number of thiophene rings is 1. The second-order valence-corrected chi connectivity index (χ2v) is 7.12. The molecule has 0 spiro atoms. The standard InChI is InChI=1S/C14H8ClN5OS2/c15-10-5-4-9(23-10)13-16-8(7-22-13)12(21)17-14-19-18-11-3-1-2-6-20(11)14/h1-7H,(H,17,19,21). The molecule has 1 N–H and O–H groups in total. The zero-order chi connectivity index (χ0) is 15.8. The number of carbonyl (C=O) groups excluding carboxylic acids is 1. The predicted octanol–water partition coefficient (Wildman–Crippen LogP) is 3.82. The van der Waals surface area contributed by atoms with Crippen molar-refractivity contribution in [3.63, 3.8) is 0 Å². The smallest absolute Gasteiger partial charge is 0.277 e. The molecule has 0 aliphatic heterocycles. The largest absolute Gasteiger partial charge is 0.289 e. The summed E-state index contributed by atoms with van der Waals surface area (Å²) in [7, 11) is 0. The number of carbonyl (C=O) groups is 1. The SMILES string of the molecule is O=C(Nc1nnc2ccccn12)c1csc(-c2ccc(Cl)s2)n1. The Kier molecular flexibility index (Phi) is 3.56. The number of pyridine rings is 1. The van der Waals surface area contributed by atoms with Gasteiger partial charge in [0, 0.05) is 11.6 Å². The molecule has 114 valence electrons. The third-order valence-electron chi connectivity index (χ3n) is 3.06. The number of halogens is 1. The molecule has 4 aromatic rings. The minimum absolute atomic E-state index is 0.326. The third kappa shape index (κ3) is 2.72. The van der Waals surface area contributed by atoms with Crippen LogP contribution in [0.3, 0.4) is 0 Å². The fourth-order valence-corrected chi connectivity index (χ4v) is 3.93. The van der Waals surface area contributed by atoms with Crippen molar-refractivity contribution in [2.24, 2.45) is 0 Å². The van der Waals surface area contributed by atoms with Crippen LogP contribution in [0.15, 0.2) is 41.9 Å². The Morgan fingerprint density at radius 2 is 2.13 bits per heavy atom. The van der Waals surface area contributed by atoms with Crippen molar-refractivity contribution in [1.82, 2.24) is 19.6 Å². The maximum absolute atomic E-state index is 12.3. The van der Waals surface area contributed by atoms with Crippen molar-refractivity contribution in [3.05, 3.63) is 51.9 Å². The Hall–Kier alpha value is -2.29. The van der Waals surface area contributed by atoms with Gasteiger partial charge in [0.15, 0.2) is 5.65 Å². The molecule has 0 bridgehead atoms. The molecule has 0 unspecified atom stereocenters. The summed E-state index contributed by atoms with van der Waals surface area (Å²) < 4.78 is 2.39. The lowest BCUT2D eigenvalue weighted by atomic mass is 10.4. The van der Waals surface area contributed by atoms with E-state index in [0.29, 0.717) is 21.6 Å². The van der Waals surface area contributed by atoms with Gasteiger partial charge in [-0.15, -0.1) is 32.9 Å². The lowest BCUT2D eigenvalue weighted by molar-refractivity contribution is 0.102. The highest BCUT2D eigenvalue weighted by atomic mass is 35.5. The van der Waals surface area contributed by atoms with Gasteiger partial charge in [0.2, 0.25) is 5.95 Å². The van der Waals surface area contributed by atoms with E-state index >= 15 is 0 Å². The molecule has 4 aromatic heterocycles. The van der Waals surface area contributed by atoms with Crippen molar-refractivity contribution in [2.45, 2.75) is 0 Å². The van der Waals surface area contributed by atoms with Gasteiger partial charge in [-0.1, -0.05) is 17.7 Å². The minimum Gasteiger partial charge on any atom is -0.289 e. The molecule has 23 heavy (non-hydrogen) atoms. The molecule has 9 heteroatoms. The van der Waals surface area contributed by atoms with Crippen LogP contribution < -0.4 is 5.32 Å². The summed E-state index contributed by atoms with van der Waals surface area (Å²) in [6.07, 6.45) is 1.78. The Morgan fingerprint density at radius 3 is 2.96 bits per heavy atom. The van der Waals surface area contributed by atoms with Gasteiger partial charge in [-0.05, 0) is 24.3 Å². The van der Waals surface area contributed by atoms with Gasteiger partial charge in [-0.3, -0.25) is 14.5 Å². The van der Waals surface area contributed by atoms with Gasteiger partial charge < -0.3 is 0 Å². The quantitative estimate of drug-likeness (QED) is 0.602. The summed E-state index contributed by atoms with van der Waals surface area (Å²) in [5.74, 6) is 0.0348. The Labute approximate surface area is 143 Å². The van der Waals surface area contributed by atoms with Crippen molar-refractivity contribution in [1.29, 1.82) is 0 Å². The maximum Gasteiger partial charge on any atom is 0.277 e. The summed E-state index contributed by atoms with van der Waals surface area (Å²) in [6.45, 7) is 0. The normalized spacial score (nSPS) is 11.0. The third-order valence-corrected chi connectivity index (χ3v) is 5.30. The fourth-order valence-electron chi connectivity index (χ4n) is 2.01.